The molecule has 0 N–H and O–H groups in total. The normalized spacial score (nSPS) is 12.0. The Bertz CT molecular complexity index is 5060. The third-order valence-electron chi connectivity index (χ3n) is 15.7. The van der Waals surface area contributed by atoms with E-state index in [-0.39, 0.29) is 11.1 Å². The zero-order chi connectivity index (χ0) is 49.5. The van der Waals surface area contributed by atoms with Gasteiger partial charge in [0.25, 0.3) is 0 Å². The summed E-state index contributed by atoms with van der Waals surface area (Å²) in [5.41, 5.74) is 14.0. The molecule has 0 aliphatic heterocycles. The molecule has 16 aromatic rings. The molecule has 0 unspecified atom stereocenters. The maximum Gasteiger partial charge on any atom is 0.103 e. The number of nitrogens with zero attached hydrogens (tertiary/aromatic N) is 7. The first-order chi connectivity index (χ1) is 37.2. The van der Waals surface area contributed by atoms with Gasteiger partial charge < -0.3 is 22.8 Å². The summed E-state index contributed by atoms with van der Waals surface area (Å²) in [5.74, 6) is 0. The van der Waals surface area contributed by atoms with Gasteiger partial charge in [-0.25, -0.2) is 0 Å². The van der Waals surface area contributed by atoms with Gasteiger partial charge in [0.15, 0.2) is 0 Å². The van der Waals surface area contributed by atoms with Crippen molar-refractivity contribution in [1.82, 2.24) is 22.8 Å². The molecule has 0 radical (unpaired) electrons. The lowest BCUT2D eigenvalue weighted by atomic mass is 9.98. The molecule has 0 saturated carbocycles. The van der Waals surface area contributed by atoms with Crippen molar-refractivity contribution in [1.29, 1.82) is 10.5 Å². The smallest absolute Gasteiger partial charge is 0.103 e. The zero-order valence-electron chi connectivity index (χ0n) is 40.1. The fraction of sp³-hybridized carbons (Fsp3) is 0. The van der Waals surface area contributed by atoms with Gasteiger partial charge in [-0.2, -0.15) is 10.5 Å². The monoisotopic (exact) mass is 953 g/mol. The number of para-hydroxylation sites is 9. The van der Waals surface area contributed by atoms with E-state index in [9.17, 15) is 10.5 Å². The van der Waals surface area contributed by atoms with Crippen molar-refractivity contribution in [2.75, 3.05) is 0 Å². The van der Waals surface area contributed by atoms with Crippen LogP contribution in [0.5, 0.6) is 0 Å². The Morgan fingerprint density at radius 2 is 0.453 bits per heavy atom. The second-order valence-electron chi connectivity index (χ2n) is 19.4. The van der Waals surface area contributed by atoms with E-state index < -0.39 is 0 Å². The highest BCUT2D eigenvalue weighted by molar-refractivity contribution is 6.21. The average molecular weight is 954 g/mol. The van der Waals surface area contributed by atoms with Crippen LogP contribution in [-0.4, -0.2) is 22.8 Å². The Labute approximate surface area is 428 Å². The van der Waals surface area contributed by atoms with Crippen LogP contribution in [0.1, 0.15) is 11.1 Å². The fourth-order valence-corrected chi connectivity index (χ4v) is 12.8. The van der Waals surface area contributed by atoms with E-state index in [4.69, 9.17) is 0 Å². The van der Waals surface area contributed by atoms with Crippen LogP contribution in [0, 0.1) is 22.7 Å². The Balaban J connectivity index is 1.24. The van der Waals surface area contributed by atoms with E-state index in [0.717, 1.165) is 126 Å². The lowest BCUT2D eigenvalue weighted by molar-refractivity contribution is 1.01. The summed E-state index contributed by atoms with van der Waals surface area (Å²) >= 11 is 0. The van der Waals surface area contributed by atoms with Crippen LogP contribution in [0.4, 0.5) is 0 Å². The number of rotatable bonds is 5. The number of aromatic nitrogens is 5. The van der Waals surface area contributed by atoms with Gasteiger partial charge in [-0.1, -0.05) is 164 Å². The summed E-state index contributed by atoms with van der Waals surface area (Å²) in [6, 6.07) is 89.0. The van der Waals surface area contributed by atoms with Crippen molar-refractivity contribution in [3.8, 4) is 40.6 Å². The summed E-state index contributed by atoms with van der Waals surface area (Å²) in [5, 5.41) is 35.2. The minimum Gasteiger partial charge on any atom is -0.309 e. The second kappa shape index (κ2) is 15.5. The molecule has 0 bridgehead atoms. The number of hydrogen-bond donors (Lipinski definition) is 0. The van der Waals surface area contributed by atoms with Crippen LogP contribution in [0.15, 0.2) is 237 Å². The van der Waals surface area contributed by atoms with Crippen molar-refractivity contribution in [2.45, 2.75) is 0 Å². The summed E-state index contributed by atoms with van der Waals surface area (Å²) in [4.78, 5) is 0. The molecule has 5 aromatic heterocycles. The molecule has 7 nitrogen and oxygen atoms in total. The molecular formula is C68H39N7. The quantitative estimate of drug-likeness (QED) is 0.172. The van der Waals surface area contributed by atoms with Gasteiger partial charge >= 0.3 is 0 Å². The van der Waals surface area contributed by atoms with E-state index in [1.807, 2.05) is 0 Å². The van der Waals surface area contributed by atoms with Crippen molar-refractivity contribution in [2.24, 2.45) is 0 Å². The Morgan fingerprint density at radius 1 is 0.213 bits per heavy atom. The molecule has 0 fully saturated rings. The number of nitriles is 2. The molecule has 75 heavy (non-hydrogen) atoms. The van der Waals surface area contributed by atoms with E-state index in [0.29, 0.717) is 11.4 Å². The number of fused-ring (bicyclic) bond motifs is 15. The maximum atomic E-state index is 12.3. The topological polar surface area (TPSA) is 72.2 Å². The molecule has 0 saturated heterocycles. The van der Waals surface area contributed by atoms with E-state index in [1.165, 1.54) is 0 Å². The molecule has 0 aliphatic carbocycles. The largest absolute Gasteiger partial charge is 0.309 e. The van der Waals surface area contributed by atoms with Crippen LogP contribution >= 0.6 is 0 Å². The number of benzene rings is 11. The minimum absolute atomic E-state index is 0.269. The Hall–Kier alpha value is -10.6. The first-order valence-electron chi connectivity index (χ1n) is 25.2. The molecular weight excluding hydrogens is 915 g/mol. The summed E-state index contributed by atoms with van der Waals surface area (Å²) in [6.45, 7) is 0. The SMILES string of the molecule is N#Cc1c(C#N)c(-n2c3ccccc3c3ccccc32)c(-n2c3ccccc3c3cc4c5ccccc5n(-c5ccccc5)c4cc32)c(-n2c3ccccc3c3ccccc32)c1-n1c2ccccc2c2ccccc21. The molecule has 0 atom stereocenters. The predicted octanol–water partition coefficient (Wildman–Crippen LogP) is 16.9. The molecule has 0 spiro atoms. The first-order valence-corrected chi connectivity index (χ1v) is 25.2. The van der Waals surface area contributed by atoms with Crippen molar-refractivity contribution in [3.05, 3.63) is 248 Å². The highest BCUT2D eigenvalue weighted by Crippen LogP contribution is 2.50. The maximum absolute atomic E-state index is 12.3. The molecule has 346 valence electrons. The molecule has 11 aromatic carbocycles. The second-order valence-corrected chi connectivity index (χ2v) is 19.4. The lowest BCUT2D eigenvalue weighted by Gasteiger charge is -2.27. The Kier molecular flexibility index (Phi) is 8.46. The molecule has 16 rings (SSSR count). The molecule has 5 heterocycles. The highest BCUT2D eigenvalue weighted by Gasteiger charge is 2.35. The molecule has 7 heteroatoms. The van der Waals surface area contributed by atoms with Gasteiger partial charge in [-0.3, -0.25) is 0 Å². The Morgan fingerprint density at radius 3 is 0.773 bits per heavy atom. The summed E-state index contributed by atoms with van der Waals surface area (Å²) in [6.07, 6.45) is 0. The van der Waals surface area contributed by atoms with Crippen LogP contribution in [0.2, 0.25) is 0 Å². The van der Waals surface area contributed by atoms with Crippen LogP contribution in [0.3, 0.4) is 0 Å². The number of hydrogen-bond acceptors (Lipinski definition) is 2. The van der Waals surface area contributed by atoms with Crippen molar-refractivity contribution in [3.63, 3.8) is 0 Å². The van der Waals surface area contributed by atoms with Crippen LogP contribution in [-0.2, 0) is 0 Å². The molecule has 0 aliphatic rings. The van der Waals surface area contributed by atoms with Gasteiger partial charge in [0, 0.05) is 59.5 Å². The standard InChI is InChI=1S/C68H39N7/c69-40-53-54(41-70)66(73-58-33-15-6-24-45(58)46-25-7-16-34-59(46)73)68(75-62-37-19-11-29-50(62)52-38-51-49-28-10-12-30-55(49)71(63(51)39-64(52)75)42-20-2-1-3-21-42)67(74-60-35-17-8-26-47(60)48-27-9-18-36-61(48)74)65(53)72-56-31-13-4-22-43(56)44-23-5-14-32-57(44)72/h1-39H. The first kappa shape index (κ1) is 41.1. The van der Waals surface area contributed by atoms with E-state index in [2.05, 4.69) is 272 Å². The van der Waals surface area contributed by atoms with Gasteiger partial charge in [-0.05, 0) is 72.8 Å². The zero-order valence-corrected chi connectivity index (χ0v) is 40.1. The highest BCUT2D eigenvalue weighted by atomic mass is 15.1. The third kappa shape index (κ3) is 5.45. The van der Waals surface area contributed by atoms with Crippen LogP contribution in [0.25, 0.3) is 137 Å². The average Bonchev–Trinajstić information content (AvgIpc) is 4.28. The van der Waals surface area contributed by atoms with E-state index >= 15 is 0 Å². The van der Waals surface area contributed by atoms with Gasteiger partial charge in [-0.15, -0.1) is 0 Å². The van der Waals surface area contributed by atoms with Gasteiger partial charge in [0.2, 0.25) is 0 Å². The summed E-state index contributed by atoms with van der Waals surface area (Å²) in [7, 11) is 0. The predicted molar refractivity (Wildman–Crippen MR) is 308 cm³/mol. The van der Waals surface area contributed by atoms with Crippen molar-refractivity contribution >= 4 is 109 Å². The lowest BCUT2D eigenvalue weighted by Crippen LogP contribution is -2.17. The fourth-order valence-electron chi connectivity index (χ4n) is 12.8. The summed E-state index contributed by atoms with van der Waals surface area (Å²) < 4.78 is 11.7. The van der Waals surface area contributed by atoms with E-state index in [1.54, 1.807) is 0 Å². The van der Waals surface area contributed by atoms with Gasteiger partial charge in [0.1, 0.15) is 12.1 Å². The van der Waals surface area contributed by atoms with Crippen molar-refractivity contribution < 1.29 is 0 Å². The third-order valence-corrected chi connectivity index (χ3v) is 15.7. The molecule has 0 amide bonds. The minimum atomic E-state index is 0.269. The van der Waals surface area contributed by atoms with Gasteiger partial charge in [0.05, 0.1) is 89.0 Å². The van der Waals surface area contributed by atoms with Crippen LogP contribution < -0.4 is 0 Å².